The molecule has 3 saturated heterocycles. The summed E-state index contributed by atoms with van der Waals surface area (Å²) < 4.78 is 34.3. The van der Waals surface area contributed by atoms with Crippen LogP contribution in [0.4, 0.5) is 0 Å². The highest BCUT2D eigenvalue weighted by Crippen LogP contribution is 2.33. The Morgan fingerprint density at radius 1 is 0.434 bits per heavy atom. The molecule has 0 aromatic carbocycles. The Hall–Kier alpha value is -2.25. The third-order valence-electron chi connectivity index (χ3n) is 16.1. The molecule has 0 bridgehead atoms. The fourth-order valence-electron chi connectivity index (χ4n) is 10.8. The van der Waals surface area contributed by atoms with Crippen molar-refractivity contribution >= 4 is 5.91 Å². The van der Waals surface area contributed by atoms with Crippen LogP contribution in [-0.2, 0) is 33.2 Å². The van der Waals surface area contributed by atoms with E-state index in [1.165, 1.54) is 135 Å². The lowest BCUT2D eigenvalue weighted by Crippen LogP contribution is -2.66. The summed E-state index contributed by atoms with van der Waals surface area (Å²) in [6, 6.07) is -0.991. The first kappa shape index (κ1) is 75.0. The molecule has 3 fully saturated rings. The van der Waals surface area contributed by atoms with E-state index in [9.17, 15) is 61.0 Å². The molecule has 17 atom stereocenters. The van der Waals surface area contributed by atoms with E-state index < -0.39 is 124 Å². The van der Waals surface area contributed by atoms with Crippen LogP contribution in [0, 0.1) is 0 Å². The number of carbonyl (C=O) groups excluding carboxylic acids is 1. The first-order chi connectivity index (χ1) is 40.3. The molecule has 3 rings (SSSR count). The van der Waals surface area contributed by atoms with Gasteiger partial charge in [-0.25, -0.2) is 0 Å². The van der Waals surface area contributed by atoms with Crippen molar-refractivity contribution in [1.29, 1.82) is 0 Å². The average molecular weight is 1190 g/mol. The highest BCUT2D eigenvalue weighted by atomic mass is 16.8. The van der Waals surface area contributed by atoms with Crippen LogP contribution in [0.15, 0.2) is 48.6 Å². The molecule has 0 spiro atoms. The van der Waals surface area contributed by atoms with E-state index in [0.717, 1.165) is 51.4 Å². The van der Waals surface area contributed by atoms with Gasteiger partial charge in [0.2, 0.25) is 5.91 Å². The molecule has 0 aliphatic carbocycles. The Morgan fingerprint density at radius 3 is 1.28 bits per heavy atom. The lowest BCUT2D eigenvalue weighted by Gasteiger charge is -2.48. The van der Waals surface area contributed by atoms with Gasteiger partial charge in [0, 0.05) is 6.42 Å². The van der Waals surface area contributed by atoms with E-state index in [-0.39, 0.29) is 18.9 Å². The van der Waals surface area contributed by atoms with Gasteiger partial charge in [0.05, 0.1) is 38.6 Å². The Balaban J connectivity index is 1.47. The predicted molar refractivity (Wildman–Crippen MR) is 319 cm³/mol. The minimum atomic E-state index is -1.98. The second kappa shape index (κ2) is 46.8. The number of aliphatic hydroxyl groups is 11. The van der Waals surface area contributed by atoms with Gasteiger partial charge >= 0.3 is 0 Å². The molecule has 484 valence electrons. The Labute approximate surface area is 497 Å². The Bertz CT molecular complexity index is 1700. The molecule has 17 unspecified atom stereocenters. The number of amides is 1. The fourth-order valence-corrected chi connectivity index (χ4v) is 10.8. The maximum Gasteiger partial charge on any atom is 0.220 e. The van der Waals surface area contributed by atoms with Gasteiger partial charge in [0.25, 0.3) is 0 Å². The first-order valence-electron chi connectivity index (χ1n) is 32.4. The van der Waals surface area contributed by atoms with Crippen LogP contribution in [0.2, 0.25) is 0 Å². The number of rotatable bonds is 48. The van der Waals surface area contributed by atoms with E-state index in [2.05, 4.69) is 55.6 Å². The summed E-state index contributed by atoms with van der Waals surface area (Å²) in [6.07, 6.45) is 26.6. The Morgan fingerprint density at radius 2 is 0.807 bits per heavy atom. The van der Waals surface area contributed by atoms with Gasteiger partial charge in [-0.2, -0.15) is 0 Å². The van der Waals surface area contributed by atoms with Gasteiger partial charge in [-0.3, -0.25) is 4.79 Å². The van der Waals surface area contributed by atoms with E-state index in [4.69, 9.17) is 28.4 Å². The first-order valence-corrected chi connectivity index (χ1v) is 32.4. The number of hydrogen-bond donors (Lipinski definition) is 12. The van der Waals surface area contributed by atoms with Crippen LogP contribution in [0.5, 0.6) is 0 Å². The zero-order valence-electron chi connectivity index (χ0n) is 50.7. The normalized spacial score (nSPS) is 29.7. The van der Waals surface area contributed by atoms with E-state index in [0.29, 0.717) is 12.8 Å². The quantitative estimate of drug-likeness (QED) is 0.0215. The monoisotopic (exact) mass is 1190 g/mol. The van der Waals surface area contributed by atoms with Crippen molar-refractivity contribution in [2.24, 2.45) is 0 Å². The number of aliphatic hydroxyl groups excluding tert-OH is 11. The van der Waals surface area contributed by atoms with E-state index >= 15 is 0 Å². The highest BCUT2D eigenvalue weighted by Gasteiger charge is 2.53. The number of carbonyl (C=O) groups is 1. The standard InChI is InChI=1S/C64H115NO18/c1-3-5-7-9-11-13-15-17-19-20-21-22-23-24-25-26-28-30-32-34-36-38-40-42-52(70)65-47(48(69)41-39-37-35-33-31-29-27-18-16-14-12-10-8-6-4-2)46-78-62-58(76)55(73)60(50(44-67)80-62)83-64-59(77)56(74)61(51(45-68)81-64)82-63-57(75)54(72)53(71)49(43-66)79-63/h15,17,20-21,31,33,39,41,47-51,53-64,66-69,71-77H,3-14,16,18-19,22-30,32,34-38,40,42-46H2,1-2H3,(H,65,70)/b17-15-,21-20-,33-31+,41-39+. The molecule has 12 N–H and O–H groups in total. The lowest BCUT2D eigenvalue weighted by atomic mass is 9.96. The molecule has 3 heterocycles. The fraction of sp³-hybridized carbons (Fsp3) is 0.859. The van der Waals surface area contributed by atoms with Crippen molar-refractivity contribution in [3.8, 4) is 0 Å². The van der Waals surface area contributed by atoms with Crippen molar-refractivity contribution in [3.05, 3.63) is 48.6 Å². The predicted octanol–water partition coefficient (Wildman–Crippen LogP) is 7.04. The number of ether oxygens (including phenoxy) is 6. The number of allylic oxidation sites excluding steroid dienone is 7. The van der Waals surface area contributed by atoms with Gasteiger partial charge in [0.1, 0.15) is 73.2 Å². The third kappa shape index (κ3) is 30.0. The summed E-state index contributed by atoms with van der Waals surface area (Å²) in [5.74, 6) is -0.289. The van der Waals surface area contributed by atoms with Crippen LogP contribution in [-0.4, -0.2) is 193 Å². The molecular weight excluding hydrogens is 1070 g/mol. The molecule has 83 heavy (non-hydrogen) atoms. The van der Waals surface area contributed by atoms with Crippen molar-refractivity contribution in [3.63, 3.8) is 0 Å². The molecule has 3 aliphatic rings. The molecule has 0 aromatic rings. The summed E-state index contributed by atoms with van der Waals surface area (Å²) in [5.41, 5.74) is 0. The SMILES string of the molecule is CCCCCCC/C=C\C/C=C\CCCCCCCCCCCCCC(=O)NC(COC1OC(CO)C(OC2OC(CO)C(OC3OC(CO)C(O)C(O)C3O)C(O)C2O)C(O)C1O)C(O)/C=C/CC/C=C/CCCCCCCCCCC. The van der Waals surface area contributed by atoms with Crippen molar-refractivity contribution < 1.29 is 89.4 Å². The van der Waals surface area contributed by atoms with Gasteiger partial charge < -0.3 is 89.9 Å². The van der Waals surface area contributed by atoms with Crippen molar-refractivity contribution in [2.45, 2.75) is 324 Å². The summed E-state index contributed by atoms with van der Waals surface area (Å²) in [5, 5.41) is 120. The second-order valence-electron chi connectivity index (χ2n) is 23.2. The molecule has 3 aliphatic heterocycles. The van der Waals surface area contributed by atoms with Gasteiger partial charge in [0.15, 0.2) is 18.9 Å². The van der Waals surface area contributed by atoms with Crippen LogP contribution in [0.3, 0.4) is 0 Å². The third-order valence-corrected chi connectivity index (χ3v) is 16.1. The molecule has 0 aromatic heterocycles. The maximum atomic E-state index is 13.4. The maximum absolute atomic E-state index is 13.4. The van der Waals surface area contributed by atoms with E-state index in [1.54, 1.807) is 6.08 Å². The van der Waals surface area contributed by atoms with Gasteiger partial charge in [-0.15, -0.1) is 0 Å². The smallest absolute Gasteiger partial charge is 0.220 e. The van der Waals surface area contributed by atoms with Crippen molar-refractivity contribution in [2.75, 3.05) is 26.4 Å². The summed E-state index contributed by atoms with van der Waals surface area (Å²) in [4.78, 5) is 13.4. The van der Waals surface area contributed by atoms with Crippen LogP contribution < -0.4 is 5.32 Å². The van der Waals surface area contributed by atoms with Crippen LogP contribution >= 0.6 is 0 Å². The zero-order valence-corrected chi connectivity index (χ0v) is 50.7. The molecular formula is C64H115NO18. The Kier molecular flexibility index (Phi) is 42.3. The molecule has 0 radical (unpaired) electrons. The molecule has 1 amide bonds. The van der Waals surface area contributed by atoms with Gasteiger partial charge in [-0.1, -0.05) is 197 Å². The minimum absolute atomic E-state index is 0.232. The molecule has 19 nitrogen and oxygen atoms in total. The average Bonchev–Trinajstić information content (AvgIpc) is 3.18. The number of nitrogens with one attached hydrogen (secondary N) is 1. The van der Waals surface area contributed by atoms with Crippen LogP contribution in [0.25, 0.3) is 0 Å². The highest BCUT2D eigenvalue weighted by molar-refractivity contribution is 5.76. The van der Waals surface area contributed by atoms with Crippen LogP contribution in [0.1, 0.15) is 219 Å². The summed E-state index contributed by atoms with van der Waals surface area (Å²) >= 11 is 0. The van der Waals surface area contributed by atoms with Crippen molar-refractivity contribution in [1.82, 2.24) is 5.32 Å². The number of hydrogen-bond acceptors (Lipinski definition) is 18. The van der Waals surface area contributed by atoms with Gasteiger partial charge in [-0.05, 0) is 64.2 Å². The second-order valence-corrected chi connectivity index (χ2v) is 23.2. The minimum Gasteiger partial charge on any atom is -0.394 e. The molecule has 0 saturated carbocycles. The largest absolute Gasteiger partial charge is 0.394 e. The zero-order chi connectivity index (χ0) is 60.5. The number of unbranched alkanes of at least 4 members (excludes halogenated alkanes) is 26. The summed E-state index contributed by atoms with van der Waals surface area (Å²) in [6.45, 7) is 1.69. The van der Waals surface area contributed by atoms with E-state index in [1.807, 2.05) is 6.08 Å². The topological polar surface area (TPSA) is 307 Å². The lowest BCUT2D eigenvalue weighted by molar-refractivity contribution is -0.379. The summed E-state index contributed by atoms with van der Waals surface area (Å²) in [7, 11) is 0. The molecule has 19 heteroatoms.